The summed E-state index contributed by atoms with van der Waals surface area (Å²) in [6.07, 6.45) is 3.53. The Hall–Kier alpha value is -2.23. The number of benzene rings is 1. The van der Waals surface area contributed by atoms with Crippen LogP contribution in [0.15, 0.2) is 36.7 Å². The van der Waals surface area contributed by atoms with Gasteiger partial charge in [-0.05, 0) is 31.5 Å². The predicted molar refractivity (Wildman–Crippen MR) is 73.8 cm³/mol. The fourth-order valence-corrected chi connectivity index (χ4v) is 1.96. The monoisotopic (exact) mass is 259 g/mol. The van der Waals surface area contributed by atoms with E-state index in [1.807, 2.05) is 48.9 Å². The van der Waals surface area contributed by atoms with E-state index < -0.39 is 5.97 Å². The van der Waals surface area contributed by atoms with E-state index in [1.54, 1.807) is 13.3 Å². The second kappa shape index (κ2) is 5.18. The summed E-state index contributed by atoms with van der Waals surface area (Å²) >= 11 is 0. The number of hydrogen-bond donors (Lipinski definition) is 1. The summed E-state index contributed by atoms with van der Waals surface area (Å²) in [4.78, 5) is 11.3. The summed E-state index contributed by atoms with van der Waals surface area (Å²) in [5.74, 6) is -0.205. The van der Waals surface area contributed by atoms with Gasteiger partial charge in [-0.1, -0.05) is 12.1 Å². The molecule has 0 aliphatic carbocycles. The smallest absolute Gasteiger partial charge is 0.337 e. The second-order valence-electron chi connectivity index (χ2n) is 4.66. The Balaban J connectivity index is 2.56. The molecule has 2 rings (SSSR count). The van der Waals surface area contributed by atoms with Crippen LogP contribution < -0.4 is 4.74 Å². The van der Waals surface area contributed by atoms with E-state index in [2.05, 4.69) is 0 Å². The number of carboxylic acids is 1. The van der Waals surface area contributed by atoms with Crippen molar-refractivity contribution in [3.05, 3.63) is 42.2 Å². The summed E-state index contributed by atoms with van der Waals surface area (Å²) < 4.78 is 7.08. The molecule has 4 nitrogen and oxygen atoms in total. The van der Waals surface area contributed by atoms with Crippen molar-refractivity contribution in [1.29, 1.82) is 0 Å². The Morgan fingerprint density at radius 3 is 2.63 bits per heavy atom. The molecule has 0 saturated carbocycles. The lowest BCUT2D eigenvalue weighted by atomic mass is 10.0. The van der Waals surface area contributed by atoms with Crippen LogP contribution in [0.5, 0.6) is 5.75 Å². The fourth-order valence-electron chi connectivity index (χ4n) is 1.96. The molecule has 1 aromatic carbocycles. The zero-order valence-corrected chi connectivity index (χ0v) is 11.3. The molecule has 1 N–H and O–H groups in total. The van der Waals surface area contributed by atoms with Crippen LogP contribution >= 0.6 is 0 Å². The topological polar surface area (TPSA) is 51.5 Å². The van der Waals surface area contributed by atoms with Crippen molar-refractivity contribution < 1.29 is 14.6 Å². The lowest BCUT2D eigenvalue weighted by Gasteiger charge is -2.06. The molecule has 2 aromatic rings. The SMILES string of the molecule is COc1cccc(-c2cn(C(C)C)cc2C(=O)O)c1. The summed E-state index contributed by atoms with van der Waals surface area (Å²) in [5, 5.41) is 9.30. The van der Waals surface area contributed by atoms with Gasteiger partial charge in [0.15, 0.2) is 0 Å². The maximum atomic E-state index is 11.3. The molecule has 100 valence electrons. The van der Waals surface area contributed by atoms with Crippen molar-refractivity contribution >= 4 is 5.97 Å². The molecule has 1 heterocycles. The quantitative estimate of drug-likeness (QED) is 0.915. The highest BCUT2D eigenvalue weighted by atomic mass is 16.5. The molecule has 0 amide bonds. The van der Waals surface area contributed by atoms with Crippen LogP contribution in [0.2, 0.25) is 0 Å². The number of aromatic carboxylic acids is 1. The Labute approximate surface area is 112 Å². The molecule has 4 heteroatoms. The molecule has 0 unspecified atom stereocenters. The molecule has 0 radical (unpaired) electrons. The van der Waals surface area contributed by atoms with Gasteiger partial charge < -0.3 is 14.4 Å². The van der Waals surface area contributed by atoms with Crippen LogP contribution in [0, 0.1) is 0 Å². The number of methoxy groups -OCH3 is 1. The highest BCUT2D eigenvalue weighted by molar-refractivity contribution is 5.96. The molecule has 0 saturated heterocycles. The summed E-state index contributed by atoms with van der Waals surface area (Å²) in [6, 6.07) is 7.63. The Morgan fingerprint density at radius 2 is 2.05 bits per heavy atom. The van der Waals surface area contributed by atoms with Crippen LogP contribution in [0.25, 0.3) is 11.1 Å². The standard InChI is InChI=1S/C15H17NO3/c1-10(2)16-8-13(14(9-16)15(17)18)11-5-4-6-12(7-11)19-3/h4-10H,1-3H3,(H,17,18). The third-order valence-corrected chi connectivity index (χ3v) is 3.05. The maximum absolute atomic E-state index is 11.3. The van der Waals surface area contributed by atoms with Crippen LogP contribution in [0.1, 0.15) is 30.2 Å². The molecule has 0 bridgehead atoms. The Kier molecular flexibility index (Phi) is 3.60. The van der Waals surface area contributed by atoms with Gasteiger partial charge in [0.25, 0.3) is 0 Å². The molecular weight excluding hydrogens is 242 g/mol. The van der Waals surface area contributed by atoms with E-state index in [-0.39, 0.29) is 6.04 Å². The molecule has 0 atom stereocenters. The number of nitrogens with zero attached hydrogens (tertiary/aromatic N) is 1. The van der Waals surface area contributed by atoms with Gasteiger partial charge in [-0.15, -0.1) is 0 Å². The zero-order chi connectivity index (χ0) is 14.0. The third kappa shape index (κ3) is 2.62. The minimum Gasteiger partial charge on any atom is -0.497 e. The molecular formula is C15H17NO3. The summed E-state index contributed by atoms with van der Waals surface area (Å²) in [5.41, 5.74) is 1.86. The number of aromatic nitrogens is 1. The normalized spacial score (nSPS) is 10.7. The van der Waals surface area contributed by atoms with Crippen LogP contribution in [-0.2, 0) is 0 Å². The predicted octanol–water partition coefficient (Wildman–Crippen LogP) is 3.44. The van der Waals surface area contributed by atoms with Crippen molar-refractivity contribution in [2.24, 2.45) is 0 Å². The first-order valence-electron chi connectivity index (χ1n) is 6.12. The van der Waals surface area contributed by atoms with Gasteiger partial charge in [0.1, 0.15) is 5.75 Å². The lowest BCUT2D eigenvalue weighted by Crippen LogP contribution is -1.98. The lowest BCUT2D eigenvalue weighted by molar-refractivity contribution is 0.0697. The van der Waals surface area contributed by atoms with Crippen molar-refractivity contribution in [3.63, 3.8) is 0 Å². The van der Waals surface area contributed by atoms with E-state index in [0.717, 1.165) is 5.56 Å². The van der Waals surface area contributed by atoms with Crippen LogP contribution in [0.4, 0.5) is 0 Å². The third-order valence-electron chi connectivity index (χ3n) is 3.05. The summed E-state index contributed by atoms with van der Waals surface area (Å²) in [7, 11) is 1.59. The Morgan fingerprint density at radius 1 is 1.32 bits per heavy atom. The van der Waals surface area contributed by atoms with Gasteiger partial charge in [0, 0.05) is 24.0 Å². The molecule has 0 spiro atoms. The molecule has 0 aliphatic heterocycles. The molecule has 0 aliphatic rings. The first-order chi connectivity index (χ1) is 9.02. The summed E-state index contributed by atoms with van der Waals surface area (Å²) in [6.45, 7) is 4.03. The van der Waals surface area contributed by atoms with Crippen molar-refractivity contribution in [1.82, 2.24) is 4.57 Å². The van der Waals surface area contributed by atoms with Gasteiger partial charge in [-0.2, -0.15) is 0 Å². The van der Waals surface area contributed by atoms with E-state index in [4.69, 9.17) is 4.74 Å². The average Bonchev–Trinajstić information content (AvgIpc) is 2.84. The van der Waals surface area contributed by atoms with E-state index in [1.165, 1.54) is 0 Å². The minimum absolute atomic E-state index is 0.220. The minimum atomic E-state index is -0.919. The van der Waals surface area contributed by atoms with Crippen molar-refractivity contribution in [2.75, 3.05) is 7.11 Å². The second-order valence-corrected chi connectivity index (χ2v) is 4.66. The largest absolute Gasteiger partial charge is 0.497 e. The molecule has 19 heavy (non-hydrogen) atoms. The van der Waals surface area contributed by atoms with Gasteiger partial charge in [0.05, 0.1) is 12.7 Å². The number of rotatable bonds is 4. The van der Waals surface area contributed by atoms with Gasteiger partial charge in [0.2, 0.25) is 0 Å². The fraction of sp³-hybridized carbons (Fsp3) is 0.267. The first-order valence-corrected chi connectivity index (χ1v) is 6.12. The van der Waals surface area contributed by atoms with Gasteiger partial charge in [-0.3, -0.25) is 0 Å². The first kappa shape index (κ1) is 13.2. The highest BCUT2D eigenvalue weighted by Gasteiger charge is 2.16. The van der Waals surface area contributed by atoms with Crippen molar-refractivity contribution in [3.8, 4) is 16.9 Å². The molecule has 1 aromatic heterocycles. The molecule has 0 fully saturated rings. The number of ether oxygens (including phenoxy) is 1. The average molecular weight is 259 g/mol. The van der Waals surface area contributed by atoms with Gasteiger partial charge in [-0.25, -0.2) is 4.79 Å². The maximum Gasteiger partial charge on any atom is 0.337 e. The van der Waals surface area contributed by atoms with Crippen LogP contribution in [0.3, 0.4) is 0 Å². The van der Waals surface area contributed by atoms with Crippen molar-refractivity contribution in [2.45, 2.75) is 19.9 Å². The van der Waals surface area contributed by atoms with Gasteiger partial charge >= 0.3 is 5.97 Å². The number of carboxylic acid groups (broad SMARTS) is 1. The number of carbonyl (C=O) groups is 1. The van der Waals surface area contributed by atoms with E-state index in [0.29, 0.717) is 16.9 Å². The zero-order valence-electron chi connectivity index (χ0n) is 11.3. The number of hydrogen-bond acceptors (Lipinski definition) is 2. The highest BCUT2D eigenvalue weighted by Crippen LogP contribution is 2.29. The van der Waals surface area contributed by atoms with Crippen LogP contribution in [-0.4, -0.2) is 22.8 Å². The van der Waals surface area contributed by atoms with E-state index in [9.17, 15) is 9.90 Å². The Bertz CT molecular complexity index is 599. The van der Waals surface area contributed by atoms with E-state index >= 15 is 0 Å².